The van der Waals surface area contributed by atoms with Crippen LogP contribution < -0.4 is 10.5 Å². The third-order valence-electron chi connectivity index (χ3n) is 2.81. The number of pyridine rings is 1. The Hall–Kier alpha value is -2.38. The molecular weight excluding hydrogens is 238 g/mol. The molecule has 19 heavy (non-hydrogen) atoms. The van der Waals surface area contributed by atoms with E-state index in [1.54, 1.807) is 24.4 Å². The van der Waals surface area contributed by atoms with Crippen LogP contribution in [0.4, 0.5) is 0 Å². The van der Waals surface area contributed by atoms with E-state index in [0.717, 1.165) is 12.1 Å². The van der Waals surface area contributed by atoms with Crippen molar-refractivity contribution in [2.45, 2.75) is 19.4 Å². The van der Waals surface area contributed by atoms with Gasteiger partial charge in [0.25, 0.3) is 0 Å². The van der Waals surface area contributed by atoms with Crippen LogP contribution >= 0.6 is 0 Å². The number of hydrogen-bond donors (Lipinski definition) is 1. The molecule has 2 aromatic rings. The second-order valence-electron chi connectivity index (χ2n) is 4.14. The van der Waals surface area contributed by atoms with Crippen LogP contribution in [-0.4, -0.2) is 4.98 Å². The Morgan fingerprint density at radius 2 is 2.11 bits per heavy atom. The number of benzene rings is 1. The zero-order valence-corrected chi connectivity index (χ0v) is 10.7. The lowest BCUT2D eigenvalue weighted by atomic mass is 10.1. The van der Waals surface area contributed by atoms with Crippen molar-refractivity contribution in [3.63, 3.8) is 0 Å². The Balaban J connectivity index is 2.18. The maximum absolute atomic E-state index is 8.98. The molecular formula is C15H15N3O. The van der Waals surface area contributed by atoms with Crippen molar-refractivity contribution in [2.75, 3.05) is 0 Å². The predicted octanol–water partition coefficient (Wildman–Crippen LogP) is 3.16. The maximum Gasteiger partial charge on any atom is 0.145 e. The van der Waals surface area contributed by atoms with E-state index in [9.17, 15) is 0 Å². The van der Waals surface area contributed by atoms with Crippen LogP contribution in [0.1, 0.15) is 30.6 Å². The minimum absolute atomic E-state index is 0.0551. The van der Waals surface area contributed by atoms with Crippen LogP contribution in [0.5, 0.6) is 11.5 Å². The number of nitrogens with two attached hydrogens (primary N) is 1. The van der Waals surface area contributed by atoms with Gasteiger partial charge in [0.2, 0.25) is 0 Å². The first kappa shape index (κ1) is 13.1. The molecule has 0 radical (unpaired) electrons. The Kier molecular flexibility index (Phi) is 4.11. The van der Waals surface area contributed by atoms with Crippen molar-refractivity contribution in [3.8, 4) is 17.6 Å². The second kappa shape index (κ2) is 5.98. The number of rotatable bonds is 4. The molecule has 0 bridgehead atoms. The molecule has 4 heteroatoms. The lowest BCUT2D eigenvalue weighted by Gasteiger charge is -2.10. The maximum atomic E-state index is 8.98. The highest BCUT2D eigenvalue weighted by molar-refractivity contribution is 5.44. The van der Waals surface area contributed by atoms with Gasteiger partial charge in [-0.25, -0.2) is 0 Å². The Labute approximate surface area is 112 Å². The van der Waals surface area contributed by atoms with E-state index in [1.807, 2.05) is 25.1 Å². The van der Waals surface area contributed by atoms with Gasteiger partial charge >= 0.3 is 0 Å². The van der Waals surface area contributed by atoms with E-state index >= 15 is 0 Å². The van der Waals surface area contributed by atoms with Gasteiger partial charge in [0, 0.05) is 6.04 Å². The molecule has 1 heterocycles. The van der Waals surface area contributed by atoms with Crippen molar-refractivity contribution < 1.29 is 4.74 Å². The number of nitrogens with zero attached hydrogens (tertiary/aromatic N) is 2. The van der Waals surface area contributed by atoms with Crippen molar-refractivity contribution in [1.82, 2.24) is 4.98 Å². The fourth-order valence-electron chi connectivity index (χ4n) is 1.66. The fourth-order valence-corrected chi connectivity index (χ4v) is 1.66. The molecule has 0 fully saturated rings. The zero-order valence-electron chi connectivity index (χ0n) is 10.7. The molecule has 0 aliphatic rings. The second-order valence-corrected chi connectivity index (χ2v) is 4.14. The van der Waals surface area contributed by atoms with Crippen molar-refractivity contribution in [2.24, 2.45) is 5.73 Å². The van der Waals surface area contributed by atoms with Gasteiger partial charge in [-0.2, -0.15) is 5.26 Å². The molecule has 0 amide bonds. The van der Waals surface area contributed by atoms with Gasteiger partial charge in [0.05, 0.1) is 17.5 Å². The normalized spacial score (nSPS) is 11.6. The third-order valence-corrected chi connectivity index (χ3v) is 2.81. The molecule has 0 spiro atoms. The topological polar surface area (TPSA) is 71.9 Å². The molecule has 0 saturated carbocycles. The molecule has 4 nitrogen and oxygen atoms in total. The van der Waals surface area contributed by atoms with E-state index in [4.69, 9.17) is 15.7 Å². The molecule has 2 N–H and O–H groups in total. The Morgan fingerprint density at radius 1 is 1.32 bits per heavy atom. The summed E-state index contributed by atoms with van der Waals surface area (Å²) in [5.41, 5.74) is 7.23. The summed E-state index contributed by atoms with van der Waals surface area (Å²) in [7, 11) is 0. The summed E-state index contributed by atoms with van der Waals surface area (Å²) >= 11 is 0. The molecule has 0 saturated heterocycles. The Morgan fingerprint density at radius 3 is 2.74 bits per heavy atom. The first-order valence-corrected chi connectivity index (χ1v) is 6.13. The van der Waals surface area contributed by atoms with Gasteiger partial charge in [-0.3, -0.25) is 4.98 Å². The average Bonchev–Trinajstić information content (AvgIpc) is 2.48. The van der Waals surface area contributed by atoms with E-state index in [2.05, 4.69) is 11.1 Å². The van der Waals surface area contributed by atoms with Crippen molar-refractivity contribution in [3.05, 3.63) is 53.9 Å². The zero-order chi connectivity index (χ0) is 13.7. The van der Waals surface area contributed by atoms with Crippen molar-refractivity contribution >= 4 is 0 Å². The molecule has 0 unspecified atom stereocenters. The predicted molar refractivity (Wildman–Crippen MR) is 72.7 cm³/mol. The molecule has 96 valence electrons. The smallest absolute Gasteiger partial charge is 0.145 e. The summed E-state index contributed by atoms with van der Waals surface area (Å²) in [6.45, 7) is 2.01. The van der Waals surface area contributed by atoms with Gasteiger partial charge in [-0.1, -0.05) is 19.1 Å². The van der Waals surface area contributed by atoms with Crippen LogP contribution in [-0.2, 0) is 0 Å². The highest BCUT2D eigenvalue weighted by Crippen LogP contribution is 2.24. The number of aromatic nitrogens is 1. The van der Waals surface area contributed by atoms with E-state index < -0.39 is 0 Å². The van der Waals surface area contributed by atoms with Gasteiger partial charge in [-0.05, 0) is 30.7 Å². The van der Waals surface area contributed by atoms with Gasteiger partial charge in [0.15, 0.2) is 0 Å². The molecule has 2 rings (SSSR count). The molecule has 1 atom stereocenters. The van der Waals surface area contributed by atoms with Crippen LogP contribution in [0.3, 0.4) is 0 Å². The SMILES string of the molecule is CC[C@H](N)c1ccc(Oc2ccccc2C#N)cn1. The minimum atomic E-state index is -0.0551. The van der Waals surface area contributed by atoms with Crippen LogP contribution in [0.2, 0.25) is 0 Å². The monoisotopic (exact) mass is 253 g/mol. The van der Waals surface area contributed by atoms with Crippen LogP contribution in [0, 0.1) is 11.3 Å². The number of ether oxygens (including phenoxy) is 1. The summed E-state index contributed by atoms with van der Waals surface area (Å²) in [4.78, 5) is 4.27. The highest BCUT2D eigenvalue weighted by atomic mass is 16.5. The first-order chi connectivity index (χ1) is 9.24. The molecule has 0 aliphatic heterocycles. The number of para-hydroxylation sites is 1. The lowest BCUT2D eigenvalue weighted by molar-refractivity contribution is 0.477. The Bertz CT molecular complexity index is 587. The molecule has 1 aromatic carbocycles. The summed E-state index contributed by atoms with van der Waals surface area (Å²) in [6.07, 6.45) is 2.46. The highest BCUT2D eigenvalue weighted by Gasteiger charge is 2.07. The summed E-state index contributed by atoms with van der Waals surface area (Å²) in [5, 5.41) is 8.98. The molecule has 0 aliphatic carbocycles. The van der Waals surface area contributed by atoms with Gasteiger partial charge < -0.3 is 10.5 Å². The standard InChI is InChI=1S/C15H15N3O/c1-2-13(17)14-8-7-12(10-18-14)19-15-6-4-3-5-11(15)9-16/h3-8,10,13H,2,17H2,1H3/t13-/m0/s1. The third kappa shape index (κ3) is 3.09. The van der Waals surface area contributed by atoms with Crippen molar-refractivity contribution in [1.29, 1.82) is 5.26 Å². The van der Waals surface area contributed by atoms with Crippen LogP contribution in [0.25, 0.3) is 0 Å². The fraction of sp³-hybridized carbons (Fsp3) is 0.200. The minimum Gasteiger partial charge on any atom is -0.454 e. The lowest BCUT2D eigenvalue weighted by Crippen LogP contribution is -2.10. The largest absolute Gasteiger partial charge is 0.454 e. The van der Waals surface area contributed by atoms with Gasteiger partial charge in [0.1, 0.15) is 17.6 Å². The first-order valence-electron chi connectivity index (χ1n) is 6.13. The molecule has 1 aromatic heterocycles. The number of nitriles is 1. The van der Waals surface area contributed by atoms with E-state index in [-0.39, 0.29) is 6.04 Å². The summed E-state index contributed by atoms with van der Waals surface area (Å²) in [6, 6.07) is 12.8. The van der Waals surface area contributed by atoms with E-state index in [1.165, 1.54) is 0 Å². The summed E-state index contributed by atoms with van der Waals surface area (Å²) in [5.74, 6) is 1.12. The summed E-state index contributed by atoms with van der Waals surface area (Å²) < 4.78 is 5.64. The quantitative estimate of drug-likeness (QED) is 0.908. The van der Waals surface area contributed by atoms with Crippen LogP contribution in [0.15, 0.2) is 42.6 Å². The number of hydrogen-bond acceptors (Lipinski definition) is 4. The average molecular weight is 253 g/mol. The van der Waals surface area contributed by atoms with E-state index in [0.29, 0.717) is 17.1 Å². The van der Waals surface area contributed by atoms with Gasteiger partial charge in [-0.15, -0.1) is 0 Å².